The fraction of sp³-hybridized carbons (Fsp3) is 0.250. The van der Waals surface area contributed by atoms with E-state index >= 15 is 0 Å². The third kappa shape index (κ3) is 3.23. The van der Waals surface area contributed by atoms with Crippen LogP contribution in [0.15, 0.2) is 41.0 Å². The minimum atomic E-state index is -0.164. The standard InChI is InChI=1S/C16H17BrN6O/c1-10(2)23-9-12(17)8-14(23)16(24)18-13-6-4-5-11(7-13)15-19-20-21-22(15)3/h4-10H,1-3H3,(H,18,24). The van der Waals surface area contributed by atoms with Crippen molar-refractivity contribution in [1.29, 1.82) is 0 Å². The Bertz CT molecular complexity index is 882. The molecule has 0 fully saturated rings. The summed E-state index contributed by atoms with van der Waals surface area (Å²) in [6.45, 7) is 4.07. The molecule has 1 N–H and O–H groups in total. The summed E-state index contributed by atoms with van der Waals surface area (Å²) >= 11 is 3.43. The molecule has 0 saturated carbocycles. The highest BCUT2D eigenvalue weighted by Crippen LogP contribution is 2.23. The summed E-state index contributed by atoms with van der Waals surface area (Å²) in [4.78, 5) is 12.6. The number of aryl methyl sites for hydroxylation is 1. The Hall–Kier alpha value is -2.48. The third-order valence-corrected chi connectivity index (χ3v) is 4.04. The topological polar surface area (TPSA) is 77.6 Å². The molecule has 0 saturated heterocycles. The van der Waals surface area contributed by atoms with Crippen molar-refractivity contribution >= 4 is 27.5 Å². The van der Waals surface area contributed by atoms with Gasteiger partial charge in [0, 0.05) is 35.0 Å². The molecule has 0 radical (unpaired) electrons. The van der Waals surface area contributed by atoms with Gasteiger partial charge >= 0.3 is 0 Å². The molecule has 1 aromatic carbocycles. The zero-order chi connectivity index (χ0) is 17.3. The number of carbonyl (C=O) groups excluding carboxylic acids is 1. The number of carbonyl (C=O) groups is 1. The zero-order valence-electron chi connectivity index (χ0n) is 13.6. The lowest BCUT2D eigenvalue weighted by atomic mass is 10.2. The molecule has 0 bridgehead atoms. The molecule has 3 rings (SSSR count). The van der Waals surface area contributed by atoms with Gasteiger partial charge in [-0.3, -0.25) is 4.79 Å². The van der Waals surface area contributed by atoms with E-state index in [1.54, 1.807) is 11.7 Å². The lowest BCUT2D eigenvalue weighted by Crippen LogP contribution is -2.17. The molecule has 2 aromatic heterocycles. The van der Waals surface area contributed by atoms with E-state index in [0.717, 1.165) is 10.0 Å². The van der Waals surface area contributed by atoms with E-state index in [1.807, 2.05) is 54.9 Å². The molecule has 124 valence electrons. The lowest BCUT2D eigenvalue weighted by Gasteiger charge is -2.13. The predicted molar refractivity (Wildman–Crippen MR) is 94.7 cm³/mol. The van der Waals surface area contributed by atoms with Crippen LogP contribution in [-0.4, -0.2) is 30.7 Å². The SMILES string of the molecule is CC(C)n1cc(Br)cc1C(=O)Nc1cccc(-c2nnnn2C)c1. The Morgan fingerprint density at radius 2 is 2.08 bits per heavy atom. The molecule has 0 atom stereocenters. The van der Waals surface area contributed by atoms with Crippen LogP contribution in [0.4, 0.5) is 5.69 Å². The number of amides is 1. The van der Waals surface area contributed by atoms with Gasteiger partial charge in [-0.15, -0.1) is 5.10 Å². The van der Waals surface area contributed by atoms with Crippen molar-refractivity contribution in [2.45, 2.75) is 19.9 Å². The van der Waals surface area contributed by atoms with Gasteiger partial charge in [0.05, 0.1) is 0 Å². The molecule has 2 heterocycles. The molecule has 0 aliphatic carbocycles. The van der Waals surface area contributed by atoms with Crippen molar-refractivity contribution in [2.24, 2.45) is 7.05 Å². The van der Waals surface area contributed by atoms with Crippen molar-refractivity contribution in [3.8, 4) is 11.4 Å². The Balaban J connectivity index is 1.87. The molecule has 0 aliphatic heterocycles. The monoisotopic (exact) mass is 388 g/mol. The first-order valence-corrected chi connectivity index (χ1v) is 8.26. The summed E-state index contributed by atoms with van der Waals surface area (Å²) in [5.74, 6) is 0.474. The number of hydrogen-bond acceptors (Lipinski definition) is 4. The van der Waals surface area contributed by atoms with Crippen LogP contribution in [0.5, 0.6) is 0 Å². The van der Waals surface area contributed by atoms with E-state index in [4.69, 9.17) is 0 Å². The van der Waals surface area contributed by atoms with Gasteiger partial charge in [-0.1, -0.05) is 12.1 Å². The molecule has 0 spiro atoms. The van der Waals surface area contributed by atoms with Crippen LogP contribution in [0.25, 0.3) is 11.4 Å². The van der Waals surface area contributed by atoms with E-state index in [0.29, 0.717) is 17.2 Å². The minimum Gasteiger partial charge on any atom is -0.340 e. The fourth-order valence-corrected chi connectivity index (χ4v) is 2.90. The van der Waals surface area contributed by atoms with Gasteiger partial charge < -0.3 is 9.88 Å². The number of anilines is 1. The Morgan fingerprint density at radius 1 is 1.29 bits per heavy atom. The highest BCUT2D eigenvalue weighted by Gasteiger charge is 2.15. The summed E-state index contributed by atoms with van der Waals surface area (Å²) in [6, 6.07) is 9.44. The number of nitrogens with zero attached hydrogens (tertiary/aromatic N) is 5. The van der Waals surface area contributed by atoms with Gasteiger partial charge in [0.2, 0.25) is 0 Å². The summed E-state index contributed by atoms with van der Waals surface area (Å²) in [5, 5.41) is 14.4. The van der Waals surface area contributed by atoms with E-state index in [1.165, 1.54) is 0 Å². The van der Waals surface area contributed by atoms with Crippen LogP contribution in [0.3, 0.4) is 0 Å². The van der Waals surface area contributed by atoms with Crippen LogP contribution < -0.4 is 5.32 Å². The van der Waals surface area contributed by atoms with Crippen molar-refractivity contribution in [2.75, 3.05) is 5.32 Å². The number of halogens is 1. The van der Waals surface area contributed by atoms with Gasteiger partial charge in [0.15, 0.2) is 5.82 Å². The summed E-state index contributed by atoms with van der Waals surface area (Å²) in [6.07, 6.45) is 1.90. The molecule has 24 heavy (non-hydrogen) atoms. The molecule has 7 nitrogen and oxygen atoms in total. The van der Waals surface area contributed by atoms with Crippen LogP contribution in [0.2, 0.25) is 0 Å². The first kappa shape index (κ1) is 16.4. The predicted octanol–water partition coefficient (Wildman–Crippen LogP) is 3.27. The highest BCUT2D eigenvalue weighted by molar-refractivity contribution is 9.10. The van der Waals surface area contributed by atoms with E-state index < -0.39 is 0 Å². The minimum absolute atomic E-state index is 0.164. The van der Waals surface area contributed by atoms with E-state index in [-0.39, 0.29) is 11.9 Å². The normalized spacial score (nSPS) is 11.0. The maximum atomic E-state index is 12.6. The molecule has 1 amide bonds. The second-order valence-corrected chi connectivity index (χ2v) is 6.62. The first-order valence-electron chi connectivity index (χ1n) is 7.47. The molecule has 0 unspecified atom stereocenters. The largest absolute Gasteiger partial charge is 0.340 e. The van der Waals surface area contributed by atoms with Crippen LogP contribution in [0.1, 0.15) is 30.4 Å². The number of benzene rings is 1. The summed E-state index contributed by atoms with van der Waals surface area (Å²) < 4.78 is 4.39. The van der Waals surface area contributed by atoms with Gasteiger partial charge in [0.25, 0.3) is 5.91 Å². The molecule has 3 aromatic rings. The van der Waals surface area contributed by atoms with Crippen molar-refractivity contribution in [1.82, 2.24) is 24.8 Å². The lowest BCUT2D eigenvalue weighted by molar-refractivity contribution is 0.101. The maximum Gasteiger partial charge on any atom is 0.272 e. The Labute approximate surface area is 147 Å². The van der Waals surface area contributed by atoms with E-state index in [9.17, 15) is 4.79 Å². The molecular formula is C16H17BrN6O. The Morgan fingerprint density at radius 3 is 2.75 bits per heavy atom. The second-order valence-electron chi connectivity index (χ2n) is 5.71. The number of nitrogens with one attached hydrogen (secondary N) is 1. The average Bonchev–Trinajstić information content (AvgIpc) is 3.13. The van der Waals surface area contributed by atoms with Crippen LogP contribution >= 0.6 is 15.9 Å². The van der Waals surface area contributed by atoms with Crippen LogP contribution in [0, 0.1) is 0 Å². The van der Waals surface area contributed by atoms with Crippen molar-refractivity contribution in [3.05, 3.63) is 46.7 Å². The maximum absolute atomic E-state index is 12.6. The van der Waals surface area contributed by atoms with Crippen molar-refractivity contribution in [3.63, 3.8) is 0 Å². The highest BCUT2D eigenvalue weighted by atomic mass is 79.9. The van der Waals surface area contributed by atoms with Crippen molar-refractivity contribution < 1.29 is 4.79 Å². The molecular weight excluding hydrogens is 372 g/mol. The van der Waals surface area contributed by atoms with Gasteiger partial charge in [-0.2, -0.15) is 0 Å². The second kappa shape index (κ2) is 6.56. The first-order chi connectivity index (χ1) is 11.5. The molecule has 8 heteroatoms. The number of hydrogen-bond donors (Lipinski definition) is 1. The Kier molecular flexibility index (Phi) is 4.48. The quantitative estimate of drug-likeness (QED) is 0.743. The van der Waals surface area contributed by atoms with E-state index in [2.05, 4.69) is 36.8 Å². The fourth-order valence-electron chi connectivity index (χ4n) is 2.46. The van der Waals surface area contributed by atoms with Gasteiger partial charge in [-0.25, -0.2) is 4.68 Å². The molecule has 0 aliphatic rings. The third-order valence-electron chi connectivity index (χ3n) is 3.60. The van der Waals surface area contributed by atoms with Crippen LogP contribution in [-0.2, 0) is 7.05 Å². The smallest absolute Gasteiger partial charge is 0.272 e. The number of tetrazole rings is 1. The number of aromatic nitrogens is 5. The zero-order valence-corrected chi connectivity index (χ0v) is 15.1. The van der Waals surface area contributed by atoms with Gasteiger partial charge in [0.1, 0.15) is 5.69 Å². The summed E-state index contributed by atoms with van der Waals surface area (Å²) in [7, 11) is 1.77. The summed E-state index contributed by atoms with van der Waals surface area (Å²) in [5.41, 5.74) is 2.12. The average molecular weight is 389 g/mol. The van der Waals surface area contributed by atoms with Gasteiger partial charge in [-0.05, 0) is 58.4 Å². The number of rotatable bonds is 4.